The smallest absolute Gasteiger partial charge is 0.231 e. The van der Waals surface area contributed by atoms with E-state index in [1.165, 1.54) is 0 Å². The minimum Gasteiger partial charge on any atom is -0.399 e. The van der Waals surface area contributed by atoms with Crippen molar-refractivity contribution in [3.63, 3.8) is 0 Å². The van der Waals surface area contributed by atoms with Crippen LogP contribution in [0.3, 0.4) is 0 Å². The summed E-state index contributed by atoms with van der Waals surface area (Å²) in [6, 6.07) is 15.3. The second-order valence-electron chi connectivity index (χ2n) is 4.66. The zero-order chi connectivity index (χ0) is 13.8. The van der Waals surface area contributed by atoms with Crippen molar-refractivity contribution >= 4 is 17.3 Å². The molecule has 0 saturated heterocycles. The number of hydrogen-bond donors (Lipinski definition) is 1. The lowest BCUT2D eigenvalue weighted by Gasteiger charge is -2.19. The first kappa shape index (κ1) is 13.1. The molecule has 0 saturated carbocycles. The molecular formula is C16H18N2O. The van der Waals surface area contributed by atoms with Gasteiger partial charge in [-0.3, -0.25) is 4.79 Å². The Morgan fingerprint density at radius 2 is 1.74 bits per heavy atom. The van der Waals surface area contributed by atoms with Crippen LogP contribution in [0.25, 0.3) is 0 Å². The van der Waals surface area contributed by atoms with Gasteiger partial charge in [-0.1, -0.05) is 30.3 Å². The second-order valence-corrected chi connectivity index (χ2v) is 4.66. The average molecular weight is 254 g/mol. The lowest BCUT2D eigenvalue weighted by atomic mass is 10.1. The van der Waals surface area contributed by atoms with Gasteiger partial charge in [-0.05, 0) is 36.2 Å². The molecule has 98 valence electrons. The molecule has 2 N–H and O–H groups in total. The lowest BCUT2D eigenvalue weighted by molar-refractivity contribution is -0.117. The first-order valence-corrected chi connectivity index (χ1v) is 6.24. The van der Waals surface area contributed by atoms with Crippen molar-refractivity contribution in [1.82, 2.24) is 0 Å². The van der Waals surface area contributed by atoms with Gasteiger partial charge >= 0.3 is 0 Å². The molecule has 0 spiro atoms. The number of nitrogens with two attached hydrogens (primary N) is 1. The van der Waals surface area contributed by atoms with E-state index in [0.29, 0.717) is 12.1 Å². The quantitative estimate of drug-likeness (QED) is 0.856. The minimum atomic E-state index is 0.0686. The fourth-order valence-electron chi connectivity index (χ4n) is 2.00. The SMILES string of the molecule is Cc1ccccc1N(C)C(=O)Cc1ccc(N)cc1. The molecule has 0 aliphatic heterocycles. The van der Waals surface area contributed by atoms with Crippen LogP contribution in [0.2, 0.25) is 0 Å². The van der Waals surface area contributed by atoms with Gasteiger partial charge in [0.25, 0.3) is 0 Å². The first-order valence-electron chi connectivity index (χ1n) is 6.24. The lowest BCUT2D eigenvalue weighted by Crippen LogP contribution is -2.28. The highest BCUT2D eigenvalue weighted by Gasteiger charge is 2.12. The summed E-state index contributed by atoms with van der Waals surface area (Å²) in [5.74, 6) is 0.0686. The Bertz CT molecular complexity index is 576. The number of carbonyl (C=O) groups excluding carboxylic acids is 1. The van der Waals surface area contributed by atoms with Crippen LogP contribution in [0.1, 0.15) is 11.1 Å². The van der Waals surface area contributed by atoms with Gasteiger partial charge in [-0.15, -0.1) is 0 Å². The largest absolute Gasteiger partial charge is 0.399 e. The maximum absolute atomic E-state index is 12.2. The Kier molecular flexibility index (Phi) is 3.85. The summed E-state index contributed by atoms with van der Waals surface area (Å²) in [4.78, 5) is 13.9. The third-order valence-corrected chi connectivity index (χ3v) is 3.19. The third kappa shape index (κ3) is 3.13. The van der Waals surface area contributed by atoms with E-state index in [9.17, 15) is 4.79 Å². The Hall–Kier alpha value is -2.29. The van der Waals surface area contributed by atoms with Crippen molar-refractivity contribution in [2.24, 2.45) is 0 Å². The van der Waals surface area contributed by atoms with Crippen LogP contribution < -0.4 is 10.6 Å². The van der Waals surface area contributed by atoms with E-state index < -0.39 is 0 Å². The molecule has 0 aliphatic rings. The molecular weight excluding hydrogens is 236 g/mol. The van der Waals surface area contributed by atoms with Crippen molar-refractivity contribution in [3.05, 3.63) is 59.7 Å². The fourth-order valence-corrected chi connectivity index (χ4v) is 2.00. The van der Waals surface area contributed by atoms with Crippen molar-refractivity contribution in [3.8, 4) is 0 Å². The van der Waals surface area contributed by atoms with Crippen LogP contribution in [0.15, 0.2) is 48.5 Å². The maximum Gasteiger partial charge on any atom is 0.231 e. The van der Waals surface area contributed by atoms with Gasteiger partial charge in [0, 0.05) is 18.4 Å². The van der Waals surface area contributed by atoms with Crippen molar-refractivity contribution < 1.29 is 4.79 Å². The van der Waals surface area contributed by atoms with Crippen molar-refractivity contribution in [1.29, 1.82) is 0 Å². The summed E-state index contributed by atoms with van der Waals surface area (Å²) >= 11 is 0. The van der Waals surface area contributed by atoms with Crippen LogP contribution in [0, 0.1) is 6.92 Å². The maximum atomic E-state index is 12.2. The van der Waals surface area contributed by atoms with Crippen LogP contribution >= 0.6 is 0 Å². The van der Waals surface area contributed by atoms with E-state index in [2.05, 4.69) is 0 Å². The van der Waals surface area contributed by atoms with E-state index in [1.54, 1.807) is 4.90 Å². The number of para-hydroxylation sites is 1. The summed E-state index contributed by atoms with van der Waals surface area (Å²) in [6.45, 7) is 2.00. The Balaban J connectivity index is 2.12. The Morgan fingerprint density at radius 3 is 2.37 bits per heavy atom. The Morgan fingerprint density at radius 1 is 1.11 bits per heavy atom. The van der Waals surface area contributed by atoms with Crippen LogP contribution in [0.4, 0.5) is 11.4 Å². The van der Waals surface area contributed by atoms with Crippen molar-refractivity contribution in [2.75, 3.05) is 17.7 Å². The van der Waals surface area contributed by atoms with E-state index in [4.69, 9.17) is 5.73 Å². The molecule has 0 bridgehead atoms. The minimum absolute atomic E-state index is 0.0686. The number of aryl methyl sites for hydroxylation is 1. The molecule has 2 aromatic carbocycles. The van der Waals surface area contributed by atoms with Gasteiger partial charge in [0.05, 0.1) is 6.42 Å². The highest BCUT2D eigenvalue weighted by atomic mass is 16.2. The van der Waals surface area contributed by atoms with Gasteiger partial charge in [0.1, 0.15) is 0 Å². The highest BCUT2D eigenvalue weighted by Crippen LogP contribution is 2.19. The molecule has 0 unspecified atom stereocenters. The predicted octanol–water partition coefficient (Wildman–Crippen LogP) is 2.78. The number of nitrogen functional groups attached to an aromatic ring is 1. The predicted molar refractivity (Wildman–Crippen MR) is 79.1 cm³/mol. The number of nitrogens with zero attached hydrogens (tertiary/aromatic N) is 1. The normalized spacial score (nSPS) is 10.2. The zero-order valence-corrected chi connectivity index (χ0v) is 11.3. The number of anilines is 2. The molecule has 0 atom stereocenters. The number of amides is 1. The summed E-state index contributed by atoms with van der Waals surface area (Å²) in [7, 11) is 1.81. The summed E-state index contributed by atoms with van der Waals surface area (Å²) < 4.78 is 0. The van der Waals surface area contributed by atoms with E-state index in [-0.39, 0.29) is 5.91 Å². The second kappa shape index (κ2) is 5.57. The standard InChI is InChI=1S/C16H18N2O/c1-12-5-3-4-6-15(12)18(2)16(19)11-13-7-9-14(17)10-8-13/h3-10H,11,17H2,1-2H3. The Labute approximate surface area is 113 Å². The van der Waals surface area contributed by atoms with Gasteiger partial charge in [0.2, 0.25) is 5.91 Å². The molecule has 2 rings (SSSR count). The third-order valence-electron chi connectivity index (χ3n) is 3.19. The first-order chi connectivity index (χ1) is 9.08. The molecule has 0 fully saturated rings. The average Bonchev–Trinajstić information content (AvgIpc) is 2.41. The molecule has 19 heavy (non-hydrogen) atoms. The van der Waals surface area contributed by atoms with Gasteiger partial charge in [-0.25, -0.2) is 0 Å². The molecule has 0 heterocycles. The monoisotopic (exact) mass is 254 g/mol. The highest BCUT2D eigenvalue weighted by molar-refractivity contribution is 5.94. The molecule has 0 aliphatic carbocycles. The van der Waals surface area contributed by atoms with E-state index in [1.807, 2.05) is 62.5 Å². The van der Waals surface area contributed by atoms with Crippen molar-refractivity contribution in [2.45, 2.75) is 13.3 Å². The fraction of sp³-hybridized carbons (Fsp3) is 0.188. The molecule has 0 radical (unpaired) electrons. The van der Waals surface area contributed by atoms with Crippen LogP contribution in [-0.2, 0) is 11.2 Å². The van der Waals surface area contributed by atoms with Crippen LogP contribution in [-0.4, -0.2) is 13.0 Å². The summed E-state index contributed by atoms with van der Waals surface area (Å²) in [6.07, 6.45) is 0.380. The van der Waals surface area contributed by atoms with Crippen LogP contribution in [0.5, 0.6) is 0 Å². The number of hydrogen-bond acceptors (Lipinski definition) is 2. The molecule has 1 amide bonds. The van der Waals surface area contributed by atoms with Gasteiger partial charge in [0.15, 0.2) is 0 Å². The number of benzene rings is 2. The molecule has 3 heteroatoms. The van der Waals surface area contributed by atoms with E-state index in [0.717, 1.165) is 16.8 Å². The number of carbonyl (C=O) groups is 1. The van der Waals surface area contributed by atoms with E-state index >= 15 is 0 Å². The topological polar surface area (TPSA) is 46.3 Å². The molecule has 2 aromatic rings. The summed E-state index contributed by atoms with van der Waals surface area (Å²) in [5.41, 5.74) is 9.36. The summed E-state index contributed by atoms with van der Waals surface area (Å²) in [5, 5.41) is 0. The molecule has 0 aromatic heterocycles. The number of rotatable bonds is 3. The van der Waals surface area contributed by atoms with Gasteiger partial charge in [-0.2, -0.15) is 0 Å². The number of likely N-dealkylation sites (N-methyl/N-ethyl adjacent to an activating group) is 1. The molecule has 3 nitrogen and oxygen atoms in total. The van der Waals surface area contributed by atoms with Gasteiger partial charge < -0.3 is 10.6 Å². The zero-order valence-electron chi connectivity index (χ0n) is 11.3.